The maximum Gasteiger partial charge on any atom is 0.436 e. The predicted octanol–water partition coefficient (Wildman–Crippen LogP) is 4.81. The van der Waals surface area contributed by atoms with E-state index in [0.29, 0.717) is 5.69 Å². The molecule has 4 nitrogen and oxygen atoms in total. The first-order valence-corrected chi connectivity index (χ1v) is 9.24. The Labute approximate surface area is 157 Å². The summed E-state index contributed by atoms with van der Waals surface area (Å²) in [5.74, 6) is -0.137. The van der Waals surface area contributed by atoms with Crippen molar-refractivity contribution in [2.75, 3.05) is 0 Å². The van der Waals surface area contributed by atoms with Gasteiger partial charge in [-0.3, -0.25) is 9.48 Å². The Hall–Kier alpha value is -1.83. The molecule has 0 spiro atoms. The van der Waals surface area contributed by atoms with Crippen LogP contribution in [-0.2, 0) is 17.5 Å². The monoisotopic (exact) mass is 429 g/mol. The molecule has 1 atom stereocenters. The lowest BCUT2D eigenvalue weighted by Gasteiger charge is -2.14. The van der Waals surface area contributed by atoms with Crippen molar-refractivity contribution in [2.24, 2.45) is 0 Å². The Bertz CT molecular complexity index is 785. The molecule has 0 saturated heterocycles. The number of amides is 1. The van der Waals surface area contributed by atoms with Gasteiger partial charge in [-0.05, 0) is 41.3 Å². The number of hydrogen-bond acceptors (Lipinski definition) is 2. The third kappa shape index (κ3) is 4.28. The molecule has 1 N–H and O–H groups in total. The molecule has 26 heavy (non-hydrogen) atoms. The SMILES string of the molecule is CC(NC(=O)CCn1nc(C(F)(F)F)c(Br)c1C1CC1)c1ccccc1. The van der Waals surface area contributed by atoms with Crippen LogP contribution in [0.1, 0.15) is 55.1 Å². The molecule has 0 aliphatic heterocycles. The summed E-state index contributed by atoms with van der Waals surface area (Å²) >= 11 is 3.05. The van der Waals surface area contributed by atoms with Gasteiger partial charge in [0.2, 0.25) is 5.91 Å². The fraction of sp³-hybridized carbons (Fsp3) is 0.444. The average Bonchev–Trinajstić information content (AvgIpc) is 3.36. The quantitative estimate of drug-likeness (QED) is 0.715. The summed E-state index contributed by atoms with van der Waals surface area (Å²) < 4.78 is 40.6. The highest BCUT2D eigenvalue weighted by Gasteiger charge is 2.41. The van der Waals surface area contributed by atoms with Gasteiger partial charge in [0.15, 0.2) is 5.69 Å². The molecule has 1 heterocycles. The summed E-state index contributed by atoms with van der Waals surface area (Å²) in [4.78, 5) is 12.2. The molecule has 1 aromatic carbocycles. The molecule has 1 saturated carbocycles. The summed E-state index contributed by atoms with van der Waals surface area (Å²) in [5.41, 5.74) is 0.597. The van der Waals surface area contributed by atoms with Gasteiger partial charge in [0.1, 0.15) is 0 Å². The van der Waals surface area contributed by atoms with Crippen LogP contribution < -0.4 is 5.32 Å². The van der Waals surface area contributed by atoms with Crippen LogP contribution in [0.3, 0.4) is 0 Å². The minimum atomic E-state index is -4.52. The second kappa shape index (κ2) is 7.42. The van der Waals surface area contributed by atoms with E-state index >= 15 is 0 Å². The van der Waals surface area contributed by atoms with Crippen molar-refractivity contribution in [1.82, 2.24) is 15.1 Å². The van der Waals surface area contributed by atoms with Crippen LogP contribution in [0.4, 0.5) is 13.2 Å². The third-order valence-corrected chi connectivity index (χ3v) is 5.17. The predicted molar refractivity (Wildman–Crippen MR) is 94.5 cm³/mol. The summed E-state index contributed by atoms with van der Waals surface area (Å²) in [7, 11) is 0. The van der Waals surface area contributed by atoms with Crippen molar-refractivity contribution in [3.63, 3.8) is 0 Å². The molecule has 1 aliphatic rings. The van der Waals surface area contributed by atoms with E-state index in [9.17, 15) is 18.0 Å². The normalized spacial score (nSPS) is 15.7. The van der Waals surface area contributed by atoms with Crippen molar-refractivity contribution < 1.29 is 18.0 Å². The van der Waals surface area contributed by atoms with E-state index in [1.54, 1.807) is 0 Å². The molecule has 1 fully saturated rings. The molecule has 8 heteroatoms. The summed E-state index contributed by atoms with van der Waals surface area (Å²) in [6.07, 6.45) is -2.75. The molecular weight excluding hydrogens is 411 g/mol. The van der Waals surface area contributed by atoms with Crippen molar-refractivity contribution in [1.29, 1.82) is 0 Å². The third-order valence-electron chi connectivity index (χ3n) is 4.39. The van der Waals surface area contributed by atoms with Gasteiger partial charge in [-0.15, -0.1) is 0 Å². The zero-order valence-electron chi connectivity index (χ0n) is 14.2. The molecule has 140 valence electrons. The Morgan fingerprint density at radius 1 is 1.35 bits per heavy atom. The largest absolute Gasteiger partial charge is 0.436 e. The molecule has 1 amide bonds. The highest BCUT2D eigenvalue weighted by atomic mass is 79.9. The van der Waals surface area contributed by atoms with Gasteiger partial charge >= 0.3 is 6.18 Å². The Balaban J connectivity index is 1.67. The maximum atomic E-state index is 13.1. The standard InChI is InChI=1S/C18H19BrF3N3O/c1-11(12-5-3-2-4-6-12)23-14(26)9-10-25-16(13-7-8-13)15(19)17(24-25)18(20,21)22/h2-6,11,13H,7-10H2,1H3,(H,23,26). The summed E-state index contributed by atoms with van der Waals surface area (Å²) in [6, 6.07) is 9.33. The highest BCUT2D eigenvalue weighted by molar-refractivity contribution is 9.10. The van der Waals surface area contributed by atoms with Crippen molar-refractivity contribution in [3.8, 4) is 0 Å². The number of halogens is 4. The first kappa shape index (κ1) is 18.9. The number of aromatic nitrogens is 2. The molecule has 1 unspecified atom stereocenters. The number of rotatable bonds is 6. The molecule has 3 rings (SSSR count). The number of nitrogens with zero attached hydrogens (tertiary/aromatic N) is 2. The summed E-state index contributed by atoms with van der Waals surface area (Å²) in [5, 5.41) is 6.58. The van der Waals surface area contributed by atoms with Gasteiger partial charge < -0.3 is 5.32 Å². The second-order valence-corrected chi connectivity index (χ2v) is 7.29. The Kier molecular flexibility index (Phi) is 5.41. The van der Waals surface area contributed by atoms with E-state index in [4.69, 9.17) is 0 Å². The van der Waals surface area contributed by atoms with Crippen molar-refractivity contribution in [2.45, 2.75) is 50.9 Å². The maximum absolute atomic E-state index is 13.1. The number of alkyl halides is 3. The van der Waals surface area contributed by atoms with E-state index in [-0.39, 0.29) is 35.3 Å². The number of carbonyl (C=O) groups is 1. The number of nitrogens with one attached hydrogen (secondary N) is 1. The zero-order chi connectivity index (χ0) is 18.9. The number of aryl methyl sites for hydroxylation is 1. The van der Waals surface area contributed by atoms with E-state index in [1.165, 1.54) is 4.68 Å². The van der Waals surface area contributed by atoms with Gasteiger partial charge in [0.05, 0.1) is 22.8 Å². The molecule has 1 aromatic heterocycles. The molecule has 1 aliphatic carbocycles. The van der Waals surface area contributed by atoms with Crippen LogP contribution >= 0.6 is 15.9 Å². The van der Waals surface area contributed by atoms with Crippen molar-refractivity contribution in [3.05, 3.63) is 51.8 Å². The van der Waals surface area contributed by atoms with Gasteiger partial charge in [0.25, 0.3) is 0 Å². The number of benzene rings is 1. The van der Waals surface area contributed by atoms with Crippen LogP contribution in [0.5, 0.6) is 0 Å². The second-order valence-electron chi connectivity index (χ2n) is 6.49. The molecule has 0 bridgehead atoms. The lowest BCUT2D eigenvalue weighted by Crippen LogP contribution is -2.27. The number of hydrogen-bond donors (Lipinski definition) is 1. The molecule has 0 radical (unpaired) electrons. The fourth-order valence-corrected chi connectivity index (χ4v) is 3.73. The van der Waals surface area contributed by atoms with Gasteiger partial charge in [-0.1, -0.05) is 30.3 Å². The van der Waals surface area contributed by atoms with E-state index < -0.39 is 11.9 Å². The molecular formula is C18H19BrF3N3O. The van der Waals surface area contributed by atoms with Gasteiger partial charge in [-0.25, -0.2) is 0 Å². The highest BCUT2D eigenvalue weighted by Crippen LogP contribution is 2.47. The zero-order valence-corrected chi connectivity index (χ0v) is 15.8. The van der Waals surface area contributed by atoms with Crippen LogP contribution in [0.25, 0.3) is 0 Å². The van der Waals surface area contributed by atoms with E-state index in [0.717, 1.165) is 18.4 Å². The number of carbonyl (C=O) groups excluding carboxylic acids is 1. The van der Waals surface area contributed by atoms with Gasteiger partial charge in [-0.2, -0.15) is 18.3 Å². The average molecular weight is 430 g/mol. The lowest BCUT2D eigenvalue weighted by atomic mass is 10.1. The smallest absolute Gasteiger partial charge is 0.350 e. The first-order chi connectivity index (χ1) is 12.3. The van der Waals surface area contributed by atoms with Crippen LogP contribution in [0, 0.1) is 0 Å². The van der Waals surface area contributed by atoms with E-state index in [2.05, 4.69) is 26.3 Å². The minimum absolute atomic E-state index is 0.00515. The summed E-state index contributed by atoms with van der Waals surface area (Å²) in [6.45, 7) is 1.99. The lowest BCUT2D eigenvalue weighted by molar-refractivity contribution is -0.142. The minimum Gasteiger partial charge on any atom is -0.350 e. The van der Waals surface area contributed by atoms with Crippen molar-refractivity contribution >= 4 is 21.8 Å². The van der Waals surface area contributed by atoms with Gasteiger partial charge in [0, 0.05) is 12.3 Å². The van der Waals surface area contributed by atoms with Crippen LogP contribution in [0.2, 0.25) is 0 Å². The Morgan fingerprint density at radius 3 is 2.58 bits per heavy atom. The first-order valence-electron chi connectivity index (χ1n) is 8.45. The van der Waals surface area contributed by atoms with Crippen LogP contribution in [0.15, 0.2) is 34.8 Å². The Morgan fingerprint density at radius 2 is 2.00 bits per heavy atom. The fourth-order valence-electron chi connectivity index (χ4n) is 2.90. The van der Waals surface area contributed by atoms with E-state index in [1.807, 2.05) is 37.3 Å². The topological polar surface area (TPSA) is 46.9 Å². The van der Waals surface area contributed by atoms with Crippen LogP contribution in [-0.4, -0.2) is 15.7 Å². The molecule has 2 aromatic rings.